The Morgan fingerprint density at radius 1 is 1.13 bits per heavy atom. The maximum Gasteiger partial charge on any atom is 0.332 e. The number of rotatable bonds is 6. The second-order valence-corrected chi connectivity index (χ2v) is 7.99. The van der Waals surface area contributed by atoms with Gasteiger partial charge in [0.15, 0.2) is 11.2 Å². The van der Waals surface area contributed by atoms with Gasteiger partial charge in [0.05, 0.1) is 6.33 Å². The van der Waals surface area contributed by atoms with E-state index in [0.717, 1.165) is 30.4 Å². The number of nitrogens with zero attached hydrogens (tertiary/aromatic N) is 5. The highest BCUT2D eigenvalue weighted by molar-refractivity contribution is 5.77. The van der Waals surface area contributed by atoms with Gasteiger partial charge >= 0.3 is 5.69 Å². The first-order valence-electron chi connectivity index (χ1n) is 10.4. The number of likely N-dealkylation sites (tertiary alicyclic amines) is 1. The summed E-state index contributed by atoms with van der Waals surface area (Å²) in [4.78, 5) is 43.7. The Morgan fingerprint density at radius 2 is 1.90 bits per heavy atom. The summed E-state index contributed by atoms with van der Waals surface area (Å²) in [7, 11) is 3.07. The first-order chi connectivity index (χ1) is 14.5. The maximum absolute atomic E-state index is 12.8. The van der Waals surface area contributed by atoms with E-state index in [2.05, 4.69) is 17.1 Å². The number of aromatic nitrogens is 4. The molecular weight excluding hydrogens is 382 g/mol. The third kappa shape index (κ3) is 3.69. The van der Waals surface area contributed by atoms with Crippen molar-refractivity contribution in [3.05, 3.63) is 63.1 Å². The van der Waals surface area contributed by atoms with E-state index in [4.69, 9.17) is 0 Å². The molecule has 1 aliphatic heterocycles. The molecule has 1 unspecified atom stereocenters. The molecule has 0 N–H and O–H groups in total. The summed E-state index contributed by atoms with van der Waals surface area (Å²) in [5, 5.41) is 0. The van der Waals surface area contributed by atoms with Crippen LogP contribution in [0.15, 0.2) is 46.2 Å². The fraction of sp³-hybridized carbons (Fsp3) is 0.455. The molecule has 3 aromatic rings. The van der Waals surface area contributed by atoms with Crippen LogP contribution >= 0.6 is 0 Å². The molecular formula is C22H27N5O3. The average Bonchev–Trinajstić information content (AvgIpc) is 3.38. The average molecular weight is 409 g/mol. The molecule has 1 saturated heterocycles. The fourth-order valence-corrected chi connectivity index (χ4v) is 4.37. The van der Waals surface area contributed by atoms with Gasteiger partial charge in [0.25, 0.3) is 5.56 Å². The molecule has 0 spiro atoms. The van der Waals surface area contributed by atoms with E-state index in [1.807, 2.05) is 23.1 Å². The minimum Gasteiger partial charge on any atom is -0.339 e. The lowest BCUT2D eigenvalue weighted by atomic mass is 10.0. The van der Waals surface area contributed by atoms with E-state index in [9.17, 15) is 14.4 Å². The molecule has 30 heavy (non-hydrogen) atoms. The highest BCUT2D eigenvalue weighted by atomic mass is 16.2. The van der Waals surface area contributed by atoms with Crippen LogP contribution in [0.1, 0.15) is 31.2 Å². The van der Waals surface area contributed by atoms with Crippen molar-refractivity contribution < 1.29 is 4.79 Å². The van der Waals surface area contributed by atoms with Gasteiger partial charge in [0.1, 0.15) is 0 Å². The smallest absolute Gasteiger partial charge is 0.332 e. The molecule has 1 fully saturated rings. The van der Waals surface area contributed by atoms with Crippen molar-refractivity contribution in [2.24, 2.45) is 14.1 Å². The zero-order valence-corrected chi connectivity index (χ0v) is 17.5. The predicted octanol–water partition coefficient (Wildman–Crippen LogP) is 1.45. The quantitative estimate of drug-likeness (QED) is 0.617. The van der Waals surface area contributed by atoms with Crippen LogP contribution in [0.2, 0.25) is 0 Å². The number of aryl methyl sites for hydroxylation is 2. The van der Waals surface area contributed by atoms with Crippen molar-refractivity contribution in [1.29, 1.82) is 0 Å². The molecule has 0 bridgehead atoms. The summed E-state index contributed by atoms with van der Waals surface area (Å²) in [6.07, 6.45) is 5.59. The lowest BCUT2D eigenvalue weighted by Crippen LogP contribution is -2.37. The number of fused-ring (bicyclic) bond motifs is 1. The zero-order valence-electron chi connectivity index (χ0n) is 17.5. The van der Waals surface area contributed by atoms with Crippen LogP contribution < -0.4 is 11.2 Å². The number of benzene rings is 1. The van der Waals surface area contributed by atoms with Crippen molar-refractivity contribution in [2.75, 3.05) is 6.54 Å². The van der Waals surface area contributed by atoms with Gasteiger partial charge in [-0.3, -0.25) is 18.7 Å². The molecule has 8 nitrogen and oxygen atoms in total. The number of imidazole rings is 1. The van der Waals surface area contributed by atoms with E-state index >= 15 is 0 Å². The van der Waals surface area contributed by atoms with E-state index in [1.54, 1.807) is 17.9 Å². The molecule has 2 aromatic heterocycles. The Bertz CT molecular complexity index is 1180. The van der Waals surface area contributed by atoms with Crippen LogP contribution in [0.5, 0.6) is 0 Å². The lowest BCUT2D eigenvalue weighted by Gasteiger charge is -2.25. The van der Waals surface area contributed by atoms with Gasteiger partial charge in [-0.2, -0.15) is 0 Å². The predicted molar refractivity (Wildman–Crippen MR) is 114 cm³/mol. The molecule has 158 valence electrons. The molecule has 0 aliphatic carbocycles. The van der Waals surface area contributed by atoms with Gasteiger partial charge in [-0.25, -0.2) is 9.78 Å². The minimum absolute atomic E-state index is 0.165. The van der Waals surface area contributed by atoms with Gasteiger partial charge in [-0.05, 0) is 31.2 Å². The first-order valence-corrected chi connectivity index (χ1v) is 10.4. The number of carbonyl (C=O) groups is 1. The van der Waals surface area contributed by atoms with Crippen LogP contribution in [0.25, 0.3) is 11.2 Å². The van der Waals surface area contributed by atoms with Crippen LogP contribution in [0.4, 0.5) is 0 Å². The molecule has 8 heteroatoms. The Labute approximate surface area is 174 Å². The molecule has 0 saturated carbocycles. The minimum atomic E-state index is -0.397. The number of carbonyl (C=O) groups excluding carboxylic acids is 1. The maximum atomic E-state index is 12.8. The van der Waals surface area contributed by atoms with Gasteiger partial charge in [-0.15, -0.1) is 0 Å². The van der Waals surface area contributed by atoms with E-state index in [-0.39, 0.29) is 17.5 Å². The molecule has 1 aromatic carbocycles. The highest BCUT2D eigenvalue weighted by Crippen LogP contribution is 2.22. The third-order valence-corrected chi connectivity index (χ3v) is 6.02. The van der Waals surface area contributed by atoms with Crippen molar-refractivity contribution >= 4 is 17.1 Å². The summed E-state index contributed by atoms with van der Waals surface area (Å²) in [5.74, 6) is 0.165. The monoisotopic (exact) mass is 409 g/mol. The molecule has 1 amide bonds. The van der Waals surface area contributed by atoms with Gasteiger partial charge in [0, 0.05) is 39.6 Å². The number of hydrogen-bond donors (Lipinski definition) is 0. The van der Waals surface area contributed by atoms with E-state index in [1.165, 1.54) is 17.2 Å². The van der Waals surface area contributed by atoms with Crippen molar-refractivity contribution in [3.8, 4) is 0 Å². The summed E-state index contributed by atoms with van der Waals surface area (Å²) < 4.78 is 4.21. The van der Waals surface area contributed by atoms with Crippen LogP contribution in [-0.2, 0) is 31.9 Å². The number of hydrogen-bond acceptors (Lipinski definition) is 4. The standard InChI is InChI=1S/C22H27N5O3/c1-24-20-19(21(29)25(2)22(24)30)26(15-23-20)12-7-11-18(28)27-13-6-10-17(27)14-16-8-4-3-5-9-16/h3-5,8-9,15,17H,6-7,10-14H2,1-2H3. The highest BCUT2D eigenvalue weighted by Gasteiger charge is 2.28. The van der Waals surface area contributed by atoms with Crippen molar-refractivity contribution in [1.82, 2.24) is 23.6 Å². The Balaban J connectivity index is 1.41. The topological polar surface area (TPSA) is 82.1 Å². The van der Waals surface area contributed by atoms with Crippen LogP contribution in [0, 0.1) is 0 Å². The van der Waals surface area contributed by atoms with Crippen molar-refractivity contribution in [3.63, 3.8) is 0 Å². The van der Waals surface area contributed by atoms with Crippen LogP contribution in [-0.4, -0.2) is 42.1 Å². The lowest BCUT2D eigenvalue weighted by molar-refractivity contribution is -0.132. The first kappa shape index (κ1) is 20.1. The van der Waals surface area contributed by atoms with Crippen molar-refractivity contribution in [2.45, 2.75) is 44.7 Å². The fourth-order valence-electron chi connectivity index (χ4n) is 4.37. The van der Waals surface area contributed by atoms with E-state index < -0.39 is 5.69 Å². The second kappa shape index (κ2) is 8.30. The SMILES string of the molecule is Cn1c(=O)c2c(ncn2CCCC(=O)N2CCCC2Cc2ccccc2)n(C)c1=O. The third-order valence-electron chi connectivity index (χ3n) is 6.02. The summed E-state index contributed by atoms with van der Waals surface area (Å²) in [6.45, 7) is 1.32. The Morgan fingerprint density at radius 3 is 2.67 bits per heavy atom. The zero-order chi connectivity index (χ0) is 21.3. The molecule has 4 rings (SSSR count). The Hall–Kier alpha value is -3.16. The normalized spacial score (nSPS) is 16.5. The molecule has 3 heterocycles. The molecule has 0 radical (unpaired) electrons. The second-order valence-electron chi connectivity index (χ2n) is 7.99. The summed E-state index contributed by atoms with van der Waals surface area (Å²) >= 11 is 0. The summed E-state index contributed by atoms with van der Waals surface area (Å²) in [5.41, 5.74) is 1.27. The van der Waals surface area contributed by atoms with Gasteiger partial charge in [0.2, 0.25) is 5.91 Å². The number of amides is 1. The largest absolute Gasteiger partial charge is 0.339 e. The molecule has 1 aliphatic rings. The van der Waals surface area contributed by atoms with Crippen LogP contribution in [0.3, 0.4) is 0 Å². The molecule has 1 atom stereocenters. The van der Waals surface area contributed by atoms with Gasteiger partial charge in [-0.1, -0.05) is 30.3 Å². The van der Waals surface area contributed by atoms with E-state index in [0.29, 0.717) is 30.6 Å². The summed E-state index contributed by atoms with van der Waals surface area (Å²) in [6, 6.07) is 10.6. The van der Waals surface area contributed by atoms with Gasteiger partial charge < -0.3 is 9.47 Å². The Kier molecular flexibility index (Phi) is 5.57.